The first-order valence-electron chi connectivity index (χ1n) is 4.65. The van der Waals surface area contributed by atoms with Crippen LogP contribution >= 0.6 is 0 Å². The molecule has 0 amide bonds. The van der Waals surface area contributed by atoms with Crippen LogP contribution in [0.1, 0.15) is 39.5 Å². The molecule has 1 nitrogen and oxygen atoms in total. The largest absolute Gasteiger partial charge is 0.389 e. The highest BCUT2D eigenvalue weighted by Gasteiger charge is 2.26. The minimum absolute atomic E-state index is 0.00692. The molecule has 0 unspecified atom stereocenters. The van der Waals surface area contributed by atoms with Crippen molar-refractivity contribution in [2.45, 2.75) is 45.7 Å². The first kappa shape index (κ1) is 13.2. The van der Waals surface area contributed by atoms with Crippen LogP contribution in [0.15, 0.2) is 11.6 Å². The van der Waals surface area contributed by atoms with Crippen LogP contribution in [0.2, 0.25) is 0 Å². The van der Waals surface area contributed by atoms with Gasteiger partial charge in [0.2, 0.25) is 0 Å². The second-order valence-electron chi connectivity index (χ2n) is 3.06. The van der Waals surface area contributed by atoms with Crippen LogP contribution in [-0.2, 0) is 4.79 Å². The van der Waals surface area contributed by atoms with Gasteiger partial charge >= 0.3 is 6.18 Å². The third kappa shape index (κ3) is 5.78. The van der Waals surface area contributed by atoms with Gasteiger partial charge in [-0.05, 0) is 25.3 Å². The lowest BCUT2D eigenvalue weighted by Crippen LogP contribution is -2.09. The molecule has 0 spiro atoms. The van der Waals surface area contributed by atoms with Gasteiger partial charge in [0.25, 0.3) is 0 Å². The van der Waals surface area contributed by atoms with Crippen LogP contribution < -0.4 is 0 Å². The predicted octanol–water partition coefficient (Wildman–Crippen LogP) is 3.64. The number of hydrogen-bond acceptors (Lipinski definition) is 1. The molecule has 0 N–H and O–H groups in total. The van der Waals surface area contributed by atoms with E-state index in [-0.39, 0.29) is 18.6 Å². The SMILES string of the molecule is CC=C(CC)C(=O)CCCC(F)(F)F. The Labute approximate surface area is 82.0 Å². The molecule has 0 aromatic heterocycles. The van der Waals surface area contributed by atoms with Crippen LogP contribution in [0.3, 0.4) is 0 Å². The van der Waals surface area contributed by atoms with E-state index in [9.17, 15) is 18.0 Å². The summed E-state index contributed by atoms with van der Waals surface area (Å²) in [6, 6.07) is 0. The topological polar surface area (TPSA) is 17.1 Å². The van der Waals surface area contributed by atoms with Crippen molar-refractivity contribution in [2.24, 2.45) is 0 Å². The molecule has 14 heavy (non-hydrogen) atoms. The molecule has 0 aromatic rings. The summed E-state index contributed by atoms with van der Waals surface area (Å²) in [6.45, 7) is 3.54. The monoisotopic (exact) mass is 208 g/mol. The highest BCUT2D eigenvalue weighted by atomic mass is 19.4. The van der Waals surface area contributed by atoms with Crippen molar-refractivity contribution in [3.63, 3.8) is 0 Å². The molecule has 0 bridgehead atoms. The highest BCUT2D eigenvalue weighted by molar-refractivity contribution is 5.95. The molecule has 0 aliphatic heterocycles. The number of allylic oxidation sites excluding steroid dienone is 2. The van der Waals surface area contributed by atoms with Crippen molar-refractivity contribution in [1.29, 1.82) is 0 Å². The number of Topliss-reactive ketones (excluding diaryl/α,β-unsaturated/α-hetero) is 1. The summed E-state index contributed by atoms with van der Waals surface area (Å²) in [4.78, 5) is 11.3. The summed E-state index contributed by atoms with van der Waals surface area (Å²) in [5.41, 5.74) is 0.618. The third-order valence-corrected chi connectivity index (χ3v) is 1.95. The van der Waals surface area contributed by atoms with Gasteiger partial charge in [0.15, 0.2) is 5.78 Å². The maximum absolute atomic E-state index is 11.7. The van der Waals surface area contributed by atoms with Crippen LogP contribution in [0.25, 0.3) is 0 Å². The fourth-order valence-electron chi connectivity index (χ4n) is 1.17. The average molecular weight is 208 g/mol. The van der Waals surface area contributed by atoms with E-state index in [2.05, 4.69) is 0 Å². The van der Waals surface area contributed by atoms with Gasteiger partial charge in [-0.1, -0.05) is 13.0 Å². The standard InChI is InChI=1S/C10H15F3O/c1-3-8(4-2)9(14)6-5-7-10(11,12)13/h3H,4-7H2,1-2H3. The van der Waals surface area contributed by atoms with Gasteiger partial charge in [0.1, 0.15) is 0 Å². The Kier molecular flexibility index (Phi) is 5.50. The van der Waals surface area contributed by atoms with E-state index in [4.69, 9.17) is 0 Å². The zero-order valence-corrected chi connectivity index (χ0v) is 8.45. The minimum Gasteiger partial charge on any atom is -0.295 e. The molecule has 0 aromatic carbocycles. The molecule has 0 aliphatic rings. The molecular weight excluding hydrogens is 193 g/mol. The highest BCUT2D eigenvalue weighted by Crippen LogP contribution is 2.22. The number of halogens is 3. The fraction of sp³-hybridized carbons (Fsp3) is 0.700. The zero-order chi connectivity index (χ0) is 11.2. The van der Waals surface area contributed by atoms with Gasteiger partial charge in [0.05, 0.1) is 0 Å². The predicted molar refractivity (Wildman–Crippen MR) is 49.0 cm³/mol. The molecule has 82 valence electrons. The van der Waals surface area contributed by atoms with Crippen molar-refractivity contribution in [3.8, 4) is 0 Å². The zero-order valence-electron chi connectivity index (χ0n) is 8.45. The molecule has 0 saturated heterocycles. The molecule has 0 radical (unpaired) electrons. The number of hydrogen-bond donors (Lipinski definition) is 0. The molecule has 0 atom stereocenters. The number of carbonyl (C=O) groups excluding carboxylic acids is 1. The first-order valence-corrected chi connectivity index (χ1v) is 4.65. The summed E-state index contributed by atoms with van der Waals surface area (Å²) in [7, 11) is 0. The summed E-state index contributed by atoms with van der Waals surface area (Å²) < 4.78 is 35.2. The van der Waals surface area contributed by atoms with E-state index in [1.807, 2.05) is 6.92 Å². The van der Waals surface area contributed by atoms with E-state index in [0.29, 0.717) is 12.0 Å². The van der Waals surface area contributed by atoms with E-state index in [0.717, 1.165) is 0 Å². The van der Waals surface area contributed by atoms with Crippen LogP contribution in [0.4, 0.5) is 13.2 Å². The second-order valence-corrected chi connectivity index (χ2v) is 3.06. The number of ketones is 1. The Hall–Kier alpha value is -0.800. The van der Waals surface area contributed by atoms with E-state index in [1.165, 1.54) is 0 Å². The van der Waals surface area contributed by atoms with Gasteiger partial charge in [-0.15, -0.1) is 0 Å². The average Bonchev–Trinajstić information content (AvgIpc) is 2.04. The quantitative estimate of drug-likeness (QED) is 0.630. The lowest BCUT2D eigenvalue weighted by molar-refractivity contribution is -0.136. The van der Waals surface area contributed by atoms with Gasteiger partial charge in [-0.3, -0.25) is 4.79 Å². The van der Waals surface area contributed by atoms with Gasteiger partial charge < -0.3 is 0 Å². The lowest BCUT2D eigenvalue weighted by Gasteiger charge is -2.06. The molecular formula is C10H15F3O. The molecule has 0 fully saturated rings. The van der Waals surface area contributed by atoms with E-state index in [1.54, 1.807) is 13.0 Å². The van der Waals surface area contributed by atoms with Crippen molar-refractivity contribution < 1.29 is 18.0 Å². The molecule has 0 heterocycles. The minimum atomic E-state index is -4.15. The second kappa shape index (κ2) is 5.83. The van der Waals surface area contributed by atoms with Crippen LogP contribution in [0, 0.1) is 0 Å². The molecule has 0 rings (SSSR count). The van der Waals surface area contributed by atoms with Crippen molar-refractivity contribution in [1.82, 2.24) is 0 Å². The number of rotatable bonds is 5. The summed E-state index contributed by atoms with van der Waals surface area (Å²) >= 11 is 0. The molecule has 4 heteroatoms. The molecule has 0 aliphatic carbocycles. The van der Waals surface area contributed by atoms with Crippen molar-refractivity contribution in [3.05, 3.63) is 11.6 Å². The smallest absolute Gasteiger partial charge is 0.295 e. The Morgan fingerprint density at radius 1 is 1.36 bits per heavy atom. The van der Waals surface area contributed by atoms with Gasteiger partial charge in [0, 0.05) is 12.8 Å². The number of alkyl halides is 3. The number of carbonyl (C=O) groups is 1. The van der Waals surface area contributed by atoms with E-state index >= 15 is 0 Å². The Balaban J connectivity index is 3.86. The summed E-state index contributed by atoms with van der Waals surface area (Å²) in [5.74, 6) is -0.167. The van der Waals surface area contributed by atoms with Crippen LogP contribution in [0.5, 0.6) is 0 Å². The molecule has 0 saturated carbocycles. The third-order valence-electron chi connectivity index (χ3n) is 1.95. The van der Waals surface area contributed by atoms with E-state index < -0.39 is 12.6 Å². The van der Waals surface area contributed by atoms with Gasteiger partial charge in [-0.25, -0.2) is 0 Å². The Bertz CT molecular complexity index is 216. The maximum Gasteiger partial charge on any atom is 0.389 e. The summed E-state index contributed by atoms with van der Waals surface area (Å²) in [5, 5.41) is 0. The van der Waals surface area contributed by atoms with Gasteiger partial charge in [-0.2, -0.15) is 13.2 Å². The normalized spacial score (nSPS) is 13.1. The van der Waals surface area contributed by atoms with Crippen LogP contribution in [-0.4, -0.2) is 12.0 Å². The maximum atomic E-state index is 11.7. The summed E-state index contributed by atoms with van der Waals surface area (Å²) in [6.07, 6.45) is -2.90. The lowest BCUT2D eigenvalue weighted by atomic mass is 10.0. The Morgan fingerprint density at radius 2 is 1.93 bits per heavy atom. The fourth-order valence-corrected chi connectivity index (χ4v) is 1.17. The van der Waals surface area contributed by atoms with Crippen molar-refractivity contribution >= 4 is 5.78 Å². The van der Waals surface area contributed by atoms with Crippen molar-refractivity contribution in [2.75, 3.05) is 0 Å². The Morgan fingerprint density at radius 3 is 2.29 bits per heavy atom. The first-order chi connectivity index (χ1) is 6.40.